The van der Waals surface area contributed by atoms with E-state index in [0.717, 1.165) is 25.9 Å². The van der Waals surface area contributed by atoms with Crippen LogP contribution in [0.3, 0.4) is 0 Å². The molecule has 0 heterocycles. The lowest BCUT2D eigenvalue weighted by Gasteiger charge is -2.27. The first kappa shape index (κ1) is 14.4. The number of hydrogen-bond acceptors (Lipinski definition) is 3. The Morgan fingerprint density at radius 3 is 2.61 bits per heavy atom. The molecule has 0 radical (unpaired) electrons. The van der Waals surface area contributed by atoms with Gasteiger partial charge in [-0.3, -0.25) is 0 Å². The van der Waals surface area contributed by atoms with Crippen molar-refractivity contribution >= 4 is 11.5 Å². The fraction of sp³-hybridized carbons (Fsp3) is 0.500. The first-order valence-electron chi connectivity index (χ1n) is 6.46. The number of benzene rings is 1. The van der Waals surface area contributed by atoms with Crippen LogP contribution in [0, 0.1) is 5.92 Å². The minimum absolute atomic E-state index is 0.0343. The average Bonchev–Trinajstić information content (AvgIpc) is 2.43. The van der Waals surface area contributed by atoms with E-state index in [1.165, 1.54) is 5.69 Å². The Labute approximate surface area is 109 Å². The molecule has 1 aromatic carbocycles. The van der Waals surface area contributed by atoms with Crippen LogP contribution >= 0.6 is 0 Å². The molecule has 4 heteroatoms. The summed E-state index contributed by atoms with van der Waals surface area (Å²) in [5.41, 5.74) is 6.83. The van der Waals surface area contributed by atoms with Gasteiger partial charge >= 0.3 is 0 Å². The summed E-state index contributed by atoms with van der Waals surface area (Å²) in [5, 5.41) is 11.8. The van der Waals surface area contributed by atoms with E-state index in [2.05, 4.69) is 29.1 Å². The van der Waals surface area contributed by atoms with Gasteiger partial charge in [0.05, 0.1) is 0 Å². The molecule has 3 N–H and O–H groups in total. The summed E-state index contributed by atoms with van der Waals surface area (Å²) in [6.07, 6.45) is 2.29. The summed E-state index contributed by atoms with van der Waals surface area (Å²) in [6, 6.07) is 10.3. The molecule has 1 unspecified atom stereocenters. The Morgan fingerprint density at radius 1 is 1.39 bits per heavy atom. The number of oxime groups is 1. The van der Waals surface area contributed by atoms with Crippen LogP contribution in [0.5, 0.6) is 0 Å². The van der Waals surface area contributed by atoms with Crippen LogP contribution in [0.4, 0.5) is 5.69 Å². The molecule has 0 aliphatic rings. The molecular weight excluding hydrogens is 226 g/mol. The SMILES string of the molecule is CCCCN(CC(C)C(N)=NO)c1ccccc1. The highest BCUT2D eigenvalue weighted by atomic mass is 16.4. The Kier molecular flexibility index (Phi) is 6.05. The molecule has 18 heavy (non-hydrogen) atoms. The van der Waals surface area contributed by atoms with Crippen molar-refractivity contribution in [3.05, 3.63) is 30.3 Å². The number of hydrogen-bond donors (Lipinski definition) is 2. The van der Waals surface area contributed by atoms with Crippen molar-refractivity contribution in [2.45, 2.75) is 26.7 Å². The second-order valence-electron chi connectivity index (χ2n) is 4.56. The van der Waals surface area contributed by atoms with E-state index < -0.39 is 0 Å². The van der Waals surface area contributed by atoms with E-state index in [1.54, 1.807) is 0 Å². The van der Waals surface area contributed by atoms with Crippen LogP contribution in [-0.2, 0) is 0 Å². The molecule has 0 bridgehead atoms. The lowest BCUT2D eigenvalue weighted by Crippen LogP contribution is -2.35. The van der Waals surface area contributed by atoms with Gasteiger partial charge in [-0.2, -0.15) is 0 Å². The van der Waals surface area contributed by atoms with Gasteiger partial charge < -0.3 is 15.8 Å². The van der Waals surface area contributed by atoms with E-state index in [1.807, 2.05) is 25.1 Å². The van der Waals surface area contributed by atoms with Crippen molar-refractivity contribution in [3.63, 3.8) is 0 Å². The smallest absolute Gasteiger partial charge is 0.143 e. The number of anilines is 1. The number of amidine groups is 1. The minimum Gasteiger partial charge on any atom is -0.409 e. The van der Waals surface area contributed by atoms with Gasteiger partial charge in [0.25, 0.3) is 0 Å². The zero-order valence-corrected chi connectivity index (χ0v) is 11.2. The van der Waals surface area contributed by atoms with E-state index in [0.29, 0.717) is 0 Å². The molecule has 0 aromatic heterocycles. The average molecular weight is 249 g/mol. The molecule has 0 fully saturated rings. The number of rotatable bonds is 7. The van der Waals surface area contributed by atoms with E-state index >= 15 is 0 Å². The lowest BCUT2D eigenvalue weighted by molar-refractivity contribution is 0.314. The fourth-order valence-electron chi connectivity index (χ4n) is 1.84. The summed E-state index contributed by atoms with van der Waals surface area (Å²) >= 11 is 0. The molecule has 4 nitrogen and oxygen atoms in total. The van der Waals surface area contributed by atoms with Crippen molar-refractivity contribution in [1.82, 2.24) is 0 Å². The molecule has 100 valence electrons. The molecule has 0 spiro atoms. The van der Waals surface area contributed by atoms with Crippen molar-refractivity contribution in [1.29, 1.82) is 0 Å². The maximum atomic E-state index is 8.71. The second kappa shape index (κ2) is 7.58. The summed E-state index contributed by atoms with van der Waals surface area (Å²) in [6.45, 7) is 5.90. The first-order valence-corrected chi connectivity index (χ1v) is 6.46. The molecule has 0 aliphatic carbocycles. The van der Waals surface area contributed by atoms with Gasteiger partial charge in [0.2, 0.25) is 0 Å². The van der Waals surface area contributed by atoms with Crippen LogP contribution in [0.15, 0.2) is 35.5 Å². The zero-order valence-electron chi connectivity index (χ0n) is 11.2. The van der Waals surface area contributed by atoms with Crippen LogP contribution in [0.25, 0.3) is 0 Å². The topological polar surface area (TPSA) is 61.8 Å². The molecular formula is C14H23N3O. The van der Waals surface area contributed by atoms with Gasteiger partial charge in [-0.05, 0) is 18.6 Å². The van der Waals surface area contributed by atoms with E-state index in [9.17, 15) is 0 Å². The molecule has 0 aliphatic heterocycles. The van der Waals surface area contributed by atoms with Crippen LogP contribution < -0.4 is 10.6 Å². The second-order valence-corrected chi connectivity index (χ2v) is 4.56. The van der Waals surface area contributed by atoms with Gasteiger partial charge in [0, 0.05) is 24.7 Å². The summed E-state index contributed by atoms with van der Waals surface area (Å²) in [4.78, 5) is 2.28. The molecule has 1 aromatic rings. The predicted molar refractivity (Wildman–Crippen MR) is 76.1 cm³/mol. The van der Waals surface area contributed by atoms with Crippen molar-refractivity contribution in [2.24, 2.45) is 16.8 Å². The maximum Gasteiger partial charge on any atom is 0.143 e. The quantitative estimate of drug-likeness (QED) is 0.338. The van der Waals surface area contributed by atoms with Gasteiger partial charge in [-0.25, -0.2) is 0 Å². The lowest BCUT2D eigenvalue weighted by atomic mass is 10.1. The minimum atomic E-state index is 0.0343. The number of para-hydroxylation sites is 1. The van der Waals surface area contributed by atoms with E-state index in [-0.39, 0.29) is 11.8 Å². The highest BCUT2D eigenvalue weighted by Gasteiger charge is 2.13. The van der Waals surface area contributed by atoms with Gasteiger partial charge in [-0.15, -0.1) is 0 Å². The third kappa shape index (κ3) is 4.28. The maximum absolute atomic E-state index is 8.71. The van der Waals surface area contributed by atoms with Crippen LogP contribution in [0.1, 0.15) is 26.7 Å². The Bertz CT molecular complexity index is 365. The monoisotopic (exact) mass is 249 g/mol. The highest BCUT2D eigenvalue weighted by Crippen LogP contribution is 2.16. The predicted octanol–water partition coefficient (Wildman–Crippen LogP) is 2.68. The van der Waals surface area contributed by atoms with Gasteiger partial charge in [-0.1, -0.05) is 43.6 Å². The molecule has 0 saturated heterocycles. The Morgan fingerprint density at radius 2 is 2.06 bits per heavy atom. The zero-order chi connectivity index (χ0) is 13.4. The first-order chi connectivity index (χ1) is 8.69. The van der Waals surface area contributed by atoms with E-state index in [4.69, 9.17) is 10.9 Å². The fourth-order valence-corrected chi connectivity index (χ4v) is 1.84. The third-order valence-electron chi connectivity index (χ3n) is 3.02. The summed E-state index contributed by atoms with van der Waals surface area (Å²) in [7, 11) is 0. The number of unbranched alkanes of at least 4 members (excludes halogenated alkanes) is 1. The molecule has 0 amide bonds. The summed E-state index contributed by atoms with van der Waals surface area (Å²) in [5.74, 6) is 0.319. The summed E-state index contributed by atoms with van der Waals surface area (Å²) < 4.78 is 0. The van der Waals surface area contributed by atoms with Crippen molar-refractivity contribution in [3.8, 4) is 0 Å². The number of nitrogens with two attached hydrogens (primary N) is 1. The van der Waals surface area contributed by atoms with Crippen LogP contribution in [0.2, 0.25) is 0 Å². The molecule has 0 saturated carbocycles. The normalized spacial score (nSPS) is 13.3. The van der Waals surface area contributed by atoms with Crippen LogP contribution in [-0.4, -0.2) is 24.1 Å². The molecule has 1 rings (SSSR count). The largest absolute Gasteiger partial charge is 0.409 e. The van der Waals surface area contributed by atoms with Gasteiger partial charge in [0.15, 0.2) is 0 Å². The van der Waals surface area contributed by atoms with Gasteiger partial charge in [0.1, 0.15) is 5.84 Å². The highest BCUT2D eigenvalue weighted by molar-refractivity contribution is 5.82. The van der Waals surface area contributed by atoms with Crippen molar-refractivity contribution in [2.75, 3.05) is 18.0 Å². The Hall–Kier alpha value is -1.71. The van der Waals surface area contributed by atoms with Crippen molar-refractivity contribution < 1.29 is 5.21 Å². The molecule has 1 atom stereocenters. The Balaban J connectivity index is 2.73. The standard InChI is InChI=1S/C14H23N3O/c1-3-4-10-17(11-12(2)14(15)16-18)13-8-6-5-7-9-13/h5-9,12,18H,3-4,10-11H2,1-2H3,(H2,15,16). The third-order valence-corrected chi connectivity index (χ3v) is 3.02. The number of nitrogens with zero attached hydrogens (tertiary/aromatic N) is 2.